The zero-order valence-electron chi connectivity index (χ0n) is 18.4. The molecule has 1 aromatic heterocycles. The van der Waals surface area contributed by atoms with Crippen molar-refractivity contribution in [1.29, 1.82) is 0 Å². The molecule has 3 fully saturated rings. The van der Waals surface area contributed by atoms with Gasteiger partial charge < -0.3 is 20.1 Å². The van der Waals surface area contributed by atoms with Gasteiger partial charge in [-0.15, -0.1) is 0 Å². The van der Waals surface area contributed by atoms with E-state index in [-0.39, 0.29) is 24.3 Å². The van der Waals surface area contributed by atoms with Crippen LogP contribution in [0.15, 0.2) is 12.1 Å². The summed E-state index contributed by atoms with van der Waals surface area (Å²) in [5.41, 5.74) is 0.504. The van der Waals surface area contributed by atoms with Crippen LogP contribution in [0.4, 0.5) is 5.82 Å². The summed E-state index contributed by atoms with van der Waals surface area (Å²) in [7, 11) is 0. The number of hydrogen-bond acceptors (Lipinski definition) is 5. The first-order valence-corrected chi connectivity index (χ1v) is 12.0. The third kappa shape index (κ3) is 6.34. The lowest BCUT2D eigenvalue weighted by atomic mass is 9.95. The highest BCUT2D eigenvalue weighted by molar-refractivity contribution is 5.96. The van der Waals surface area contributed by atoms with Gasteiger partial charge in [-0.2, -0.15) is 4.98 Å². The molecule has 0 unspecified atom stereocenters. The molecule has 3 aliphatic rings. The number of pyridine rings is 1. The number of carbonyl (C=O) groups is 2. The molecule has 2 aliphatic carbocycles. The van der Waals surface area contributed by atoms with E-state index < -0.39 is 5.97 Å². The molecule has 1 saturated heterocycles. The van der Waals surface area contributed by atoms with E-state index in [2.05, 4.69) is 10.2 Å². The van der Waals surface area contributed by atoms with Gasteiger partial charge in [0.25, 0.3) is 5.91 Å². The van der Waals surface area contributed by atoms with Crippen molar-refractivity contribution >= 4 is 17.7 Å². The molecule has 170 valence electrons. The highest BCUT2D eigenvalue weighted by Crippen LogP contribution is 2.33. The quantitative estimate of drug-likeness (QED) is 0.616. The van der Waals surface area contributed by atoms with E-state index in [0.29, 0.717) is 24.6 Å². The molecule has 0 bridgehead atoms. The zero-order chi connectivity index (χ0) is 21.6. The van der Waals surface area contributed by atoms with E-state index in [1.54, 1.807) is 0 Å². The second kappa shape index (κ2) is 10.3. The Bertz CT molecular complexity index is 774. The van der Waals surface area contributed by atoms with Crippen molar-refractivity contribution in [2.24, 2.45) is 11.8 Å². The number of aromatic nitrogens is 1. The standard InChI is InChI=1S/C24H35N3O4/c28-22(29)15-18-5-4-13-27(16-18)21-11-10-20(23(30)25-19-6-2-1-3-7-19)24(26-21)31-14-12-17-8-9-17/h10-11,17-19H,1-9,12-16H2,(H,25,30)(H,28,29)/t18-/m0/s1. The van der Waals surface area contributed by atoms with Crippen LogP contribution >= 0.6 is 0 Å². The molecule has 1 amide bonds. The summed E-state index contributed by atoms with van der Waals surface area (Å²) in [6, 6.07) is 3.94. The van der Waals surface area contributed by atoms with Gasteiger partial charge in [0.1, 0.15) is 11.4 Å². The summed E-state index contributed by atoms with van der Waals surface area (Å²) in [4.78, 5) is 31.0. The van der Waals surface area contributed by atoms with E-state index in [9.17, 15) is 9.59 Å². The van der Waals surface area contributed by atoms with Crippen molar-refractivity contribution in [3.63, 3.8) is 0 Å². The molecule has 1 aromatic rings. The van der Waals surface area contributed by atoms with Crippen molar-refractivity contribution in [3.05, 3.63) is 17.7 Å². The van der Waals surface area contributed by atoms with Crippen LogP contribution < -0.4 is 15.0 Å². The van der Waals surface area contributed by atoms with Crippen LogP contribution in [0.3, 0.4) is 0 Å². The fraction of sp³-hybridized carbons (Fsp3) is 0.708. The Morgan fingerprint density at radius 1 is 1.06 bits per heavy atom. The third-order valence-corrected chi connectivity index (χ3v) is 6.80. The number of nitrogens with one attached hydrogen (secondary N) is 1. The van der Waals surface area contributed by atoms with Crippen molar-refractivity contribution in [2.75, 3.05) is 24.6 Å². The molecule has 2 N–H and O–H groups in total. The maximum absolute atomic E-state index is 13.0. The third-order valence-electron chi connectivity index (χ3n) is 6.80. The van der Waals surface area contributed by atoms with Crippen molar-refractivity contribution < 1.29 is 19.4 Å². The molecule has 1 aliphatic heterocycles. The largest absolute Gasteiger partial charge is 0.481 e. The number of anilines is 1. The van der Waals surface area contributed by atoms with Gasteiger partial charge in [0, 0.05) is 25.6 Å². The smallest absolute Gasteiger partial charge is 0.303 e. The Morgan fingerprint density at radius 2 is 1.87 bits per heavy atom. The van der Waals surface area contributed by atoms with E-state index in [4.69, 9.17) is 14.8 Å². The molecule has 7 nitrogen and oxygen atoms in total. The Labute approximate surface area is 184 Å². The normalized spacial score (nSPS) is 22.2. The molecule has 31 heavy (non-hydrogen) atoms. The number of aliphatic carboxylic acids is 1. The fourth-order valence-electron chi connectivity index (χ4n) is 4.82. The molecular weight excluding hydrogens is 394 g/mol. The second-order valence-corrected chi connectivity index (χ2v) is 9.46. The molecular formula is C24H35N3O4. The number of hydrogen-bond donors (Lipinski definition) is 2. The minimum Gasteiger partial charge on any atom is -0.481 e. The lowest BCUT2D eigenvalue weighted by molar-refractivity contribution is -0.138. The van der Waals surface area contributed by atoms with Crippen LogP contribution in [0, 0.1) is 11.8 Å². The number of carboxylic acid groups (broad SMARTS) is 1. The van der Waals surface area contributed by atoms with Crippen molar-refractivity contribution in [3.8, 4) is 5.88 Å². The molecule has 4 rings (SSSR count). The van der Waals surface area contributed by atoms with E-state index in [1.807, 2.05) is 12.1 Å². The zero-order valence-corrected chi connectivity index (χ0v) is 18.4. The van der Waals surface area contributed by atoms with Crippen LogP contribution in [0.2, 0.25) is 0 Å². The molecule has 7 heteroatoms. The van der Waals surface area contributed by atoms with Crippen LogP contribution in [-0.2, 0) is 4.79 Å². The van der Waals surface area contributed by atoms with Gasteiger partial charge in [0.15, 0.2) is 0 Å². The number of carboxylic acids is 1. The molecule has 0 aromatic carbocycles. The number of rotatable bonds is 9. The number of carbonyl (C=O) groups excluding carboxylic acids is 1. The monoisotopic (exact) mass is 429 g/mol. The topological polar surface area (TPSA) is 91.8 Å². The first-order valence-electron chi connectivity index (χ1n) is 12.0. The van der Waals surface area contributed by atoms with Gasteiger partial charge in [-0.3, -0.25) is 9.59 Å². The van der Waals surface area contributed by atoms with Crippen LogP contribution in [0.5, 0.6) is 5.88 Å². The van der Waals surface area contributed by atoms with E-state index in [0.717, 1.165) is 50.4 Å². The number of nitrogens with zero attached hydrogens (tertiary/aromatic N) is 2. The maximum atomic E-state index is 13.0. The molecule has 0 radical (unpaired) electrons. The van der Waals surface area contributed by atoms with Gasteiger partial charge in [-0.05, 0) is 56.1 Å². The first-order chi connectivity index (χ1) is 15.1. The highest BCUT2D eigenvalue weighted by Gasteiger charge is 2.26. The molecule has 1 atom stereocenters. The van der Waals surface area contributed by atoms with Crippen molar-refractivity contribution in [2.45, 2.75) is 76.7 Å². The summed E-state index contributed by atoms with van der Waals surface area (Å²) in [5, 5.41) is 12.3. The fourth-order valence-corrected chi connectivity index (χ4v) is 4.82. The second-order valence-electron chi connectivity index (χ2n) is 9.46. The van der Waals surface area contributed by atoms with Crippen LogP contribution in [0.1, 0.15) is 81.0 Å². The predicted octanol–water partition coefficient (Wildman–Crippen LogP) is 4.01. The van der Waals surface area contributed by atoms with Gasteiger partial charge in [-0.25, -0.2) is 0 Å². The minimum absolute atomic E-state index is 0.102. The number of amides is 1. The van der Waals surface area contributed by atoms with E-state index in [1.165, 1.54) is 32.1 Å². The molecule has 2 saturated carbocycles. The van der Waals surface area contributed by atoms with Gasteiger partial charge in [-0.1, -0.05) is 32.1 Å². The average Bonchev–Trinajstić information content (AvgIpc) is 3.58. The summed E-state index contributed by atoms with van der Waals surface area (Å²) in [5.74, 6) is 1.20. The summed E-state index contributed by atoms with van der Waals surface area (Å²) >= 11 is 0. The number of piperidine rings is 1. The predicted molar refractivity (Wildman–Crippen MR) is 119 cm³/mol. The van der Waals surface area contributed by atoms with Gasteiger partial charge in [0.05, 0.1) is 6.61 Å². The van der Waals surface area contributed by atoms with Gasteiger partial charge >= 0.3 is 5.97 Å². The van der Waals surface area contributed by atoms with Crippen LogP contribution in [-0.4, -0.2) is 47.7 Å². The minimum atomic E-state index is -0.751. The number of ether oxygens (including phenoxy) is 1. The Balaban J connectivity index is 1.47. The van der Waals surface area contributed by atoms with Crippen LogP contribution in [0.25, 0.3) is 0 Å². The highest BCUT2D eigenvalue weighted by atomic mass is 16.5. The summed E-state index contributed by atoms with van der Waals surface area (Å²) < 4.78 is 6.03. The maximum Gasteiger partial charge on any atom is 0.303 e. The van der Waals surface area contributed by atoms with Gasteiger partial charge in [0.2, 0.25) is 5.88 Å². The Hall–Kier alpha value is -2.31. The average molecular weight is 430 g/mol. The Morgan fingerprint density at radius 3 is 2.61 bits per heavy atom. The lowest BCUT2D eigenvalue weighted by Crippen LogP contribution is -2.38. The summed E-state index contributed by atoms with van der Waals surface area (Å²) in [6.45, 7) is 2.10. The Kier molecular flexibility index (Phi) is 7.30. The molecule has 0 spiro atoms. The lowest BCUT2D eigenvalue weighted by Gasteiger charge is -2.33. The van der Waals surface area contributed by atoms with Crippen molar-refractivity contribution in [1.82, 2.24) is 10.3 Å². The van der Waals surface area contributed by atoms with E-state index >= 15 is 0 Å². The first kappa shape index (κ1) is 21.9. The SMILES string of the molecule is O=C(O)C[C@@H]1CCCN(c2ccc(C(=O)NC3CCCCC3)c(OCCC3CC3)n2)C1. The molecule has 2 heterocycles. The summed E-state index contributed by atoms with van der Waals surface area (Å²) in [6.07, 6.45) is 11.2.